The number of imidazole rings is 1. The lowest BCUT2D eigenvalue weighted by molar-refractivity contribution is 0.775. The summed E-state index contributed by atoms with van der Waals surface area (Å²) in [6.07, 6.45) is 2.35. The minimum atomic E-state index is 0.501. The standard InChI is InChI=1S/C16H13Cl2N3/c17-9-1-5-12(13(19)7-9)16-20-14-8-10(18)2-6-15(14)21(16)11-3-4-11/h1-2,5-8,11H,3-4,19H2. The third-order valence-corrected chi connectivity index (χ3v) is 4.29. The molecule has 106 valence electrons. The Balaban J connectivity index is 2.01. The van der Waals surface area contributed by atoms with Gasteiger partial charge in [0, 0.05) is 27.3 Å². The third kappa shape index (κ3) is 2.17. The molecule has 1 aromatic heterocycles. The Morgan fingerprint density at radius 2 is 1.76 bits per heavy atom. The number of benzene rings is 2. The van der Waals surface area contributed by atoms with E-state index in [4.69, 9.17) is 33.9 Å². The van der Waals surface area contributed by atoms with Crippen LogP contribution >= 0.6 is 23.2 Å². The molecule has 0 saturated heterocycles. The van der Waals surface area contributed by atoms with E-state index in [2.05, 4.69) is 4.57 Å². The van der Waals surface area contributed by atoms with Gasteiger partial charge in [-0.15, -0.1) is 0 Å². The van der Waals surface area contributed by atoms with E-state index in [1.807, 2.05) is 30.3 Å². The molecule has 1 aliphatic carbocycles. The maximum atomic E-state index is 6.13. The Morgan fingerprint density at radius 3 is 2.48 bits per heavy atom. The summed E-state index contributed by atoms with van der Waals surface area (Å²) in [5.74, 6) is 0.893. The van der Waals surface area contributed by atoms with Crippen LogP contribution in [0.5, 0.6) is 0 Å². The Hall–Kier alpha value is -1.71. The zero-order valence-corrected chi connectivity index (χ0v) is 12.7. The highest BCUT2D eigenvalue weighted by atomic mass is 35.5. The zero-order chi connectivity index (χ0) is 14.6. The highest BCUT2D eigenvalue weighted by molar-refractivity contribution is 6.31. The first-order valence-electron chi connectivity index (χ1n) is 6.86. The van der Waals surface area contributed by atoms with Crippen molar-refractivity contribution in [3.05, 3.63) is 46.4 Å². The number of hydrogen-bond donors (Lipinski definition) is 1. The lowest BCUT2D eigenvalue weighted by Crippen LogP contribution is -2.00. The molecule has 0 radical (unpaired) electrons. The van der Waals surface area contributed by atoms with Crippen molar-refractivity contribution >= 4 is 39.9 Å². The summed E-state index contributed by atoms with van der Waals surface area (Å²) < 4.78 is 2.27. The van der Waals surface area contributed by atoms with Crippen molar-refractivity contribution in [1.82, 2.24) is 9.55 Å². The van der Waals surface area contributed by atoms with Crippen LogP contribution in [-0.2, 0) is 0 Å². The van der Waals surface area contributed by atoms with E-state index in [-0.39, 0.29) is 0 Å². The molecule has 0 amide bonds. The van der Waals surface area contributed by atoms with Gasteiger partial charge in [-0.3, -0.25) is 0 Å². The highest BCUT2D eigenvalue weighted by Gasteiger charge is 2.29. The van der Waals surface area contributed by atoms with E-state index < -0.39 is 0 Å². The number of aromatic nitrogens is 2. The van der Waals surface area contributed by atoms with Gasteiger partial charge in [0.1, 0.15) is 5.82 Å². The Kier molecular flexibility index (Phi) is 2.88. The molecule has 0 unspecified atom stereocenters. The zero-order valence-electron chi connectivity index (χ0n) is 11.2. The summed E-state index contributed by atoms with van der Waals surface area (Å²) in [6, 6.07) is 11.9. The first kappa shape index (κ1) is 13.0. The summed E-state index contributed by atoms with van der Waals surface area (Å²) in [4.78, 5) is 4.75. The second kappa shape index (κ2) is 4.65. The molecule has 21 heavy (non-hydrogen) atoms. The van der Waals surface area contributed by atoms with Crippen LogP contribution in [0.2, 0.25) is 10.0 Å². The monoisotopic (exact) mass is 317 g/mol. The fraction of sp³-hybridized carbons (Fsp3) is 0.188. The molecular weight excluding hydrogens is 305 g/mol. The first-order chi connectivity index (χ1) is 10.1. The maximum Gasteiger partial charge on any atom is 0.143 e. The minimum Gasteiger partial charge on any atom is -0.398 e. The smallest absolute Gasteiger partial charge is 0.143 e. The van der Waals surface area contributed by atoms with Crippen molar-refractivity contribution in [3.8, 4) is 11.4 Å². The van der Waals surface area contributed by atoms with E-state index in [1.165, 1.54) is 12.8 Å². The first-order valence-corrected chi connectivity index (χ1v) is 7.62. The van der Waals surface area contributed by atoms with Gasteiger partial charge in [0.2, 0.25) is 0 Å². The largest absolute Gasteiger partial charge is 0.398 e. The minimum absolute atomic E-state index is 0.501. The normalized spacial score (nSPS) is 14.8. The van der Waals surface area contributed by atoms with Crippen LogP contribution in [0.25, 0.3) is 22.4 Å². The lowest BCUT2D eigenvalue weighted by Gasteiger charge is -2.10. The number of fused-ring (bicyclic) bond motifs is 1. The number of halogens is 2. The number of hydrogen-bond acceptors (Lipinski definition) is 2. The predicted octanol–water partition coefficient (Wildman–Crippen LogP) is 4.93. The maximum absolute atomic E-state index is 6.13. The molecule has 1 fully saturated rings. The molecule has 1 saturated carbocycles. The number of rotatable bonds is 2. The Morgan fingerprint density at radius 1 is 1.05 bits per heavy atom. The predicted molar refractivity (Wildman–Crippen MR) is 87.9 cm³/mol. The molecule has 5 heteroatoms. The summed E-state index contributed by atoms with van der Waals surface area (Å²) in [7, 11) is 0. The lowest BCUT2D eigenvalue weighted by atomic mass is 10.1. The average molecular weight is 318 g/mol. The van der Waals surface area contributed by atoms with Gasteiger partial charge < -0.3 is 10.3 Å². The van der Waals surface area contributed by atoms with Crippen molar-refractivity contribution in [2.75, 3.05) is 5.73 Å². The second-order valence-corrected chi connectivity index (χ2v) is 6.27. The highest BCUT2D eigenvalue weighted by Crippen LogP contribution is 2.42. The van der Waals surface area contributed by atoms with Crippen LogP contribution in [0.4, 0.5) is 5.69 Å². The number of nitrogens with zero attached hydrogens (tertiary/aromatic N) is 2. The fourth-order valence-corrected chi connectivity index (χ4v) is 3.05. The van der Waals surface area contributed by atoms with E-state index in [1.54, 1.807) is 6.07 Å². The van der Waals surface area contributed by atoms with E-state index in [0.29, 0.717) is 21.8 Å². The van der Waals surface area contributed by atoms with Crippen molar-refractivity contribution in [1.29, 1.82) is 0 Å². The molecule has 4 rings (SSSR count). The van der Waals surface area contributed by atoms with Crippen LogP contribution in [0, 0.1) is 0 Å². The third-order valence-electron chi connectivity index (χ3n) is 3.82. The SMILES string of the molecule is Nc1cc(Cl)ccc1-c1nc2cc(Cl)ccc2n1C1CC1. The summed E-state index contributed by atoms with van der Waals surface area (Å²) in [5.41, 5.74) is 9.70. The molecule has 1 aliphatic rings. The van der Waals surface area contributed by atoms with Gasteiger partial charge in [-0.2, -0.15) is 0 Å². The summed E-state index contributed by atoms with van der Waals surface area (Å²) >= 11 is 12.1. The van der Waals surface area contributed by atoms with Crippen LogP contribution in [0.3, 0.4) is 0 Å². The molecule has 1 heterocycles. The molecule has 0 bridgehead atoms. The molecule has 2 N–H and O–H groups in total. The molecule has 2 aromatic carbocycles. The topological polar surface area (TPSA) is 43.8 Å². The van der Waals surface area contributed by atoms with E-state index in [0.717, 1.165) is 22.4 Å². The van der Waals surface area contributed by atoms with Crippen molar-refractivity contribution < 1.29 is 0 Å². The summed E-state index contributed by atoms with van der Waals surface area (Å²) in [6.45, 7) is 0. The van der Waals surface area contributed by atoms with E-state index >= 15 is 0 Å². The molecule has 0 aliphatic heterocycles. The van der Waals surface area contributed by atoms with Crippen LogP contribution in [-0.4, -0.2) is 9.55 Å². The van der Waals surface area contributed by atoms with Gasteiger partial charge in [-0.1, -0.05) is 23.2 Å². The van der Waals surface area contributed by atoms with Gasteiger partial charge in [0.25, 0.3) is 0 Å². The molecule has 3 aromatic rings. The number of nitrogens with two attached hydrogens (primary N) is 1. The van der Waals surface area contributed by atoms with Crippen molar-refractivity contribution in [2.45, 2.75) is 18.9 Å². The van der Waals surface area contributed by atoms with Crippen LogP contribution in [0.15, 0.2) is 36.4 Å². The molecule has 3 nitrogen and oxygen atoms in total. The number of nitrogen functional groups attached to an aromatic ring is 1. The Labute approximate surface area is 132 Å². The molecular formula is C16H13Cl2N3. The molecule has 0 atom stereocenters. The Bertz CT molecular complexity index is 850. The second-order valence-electron chi connectivity index (χ2n) is 5.40. The van der Waals surface area contributed by atoms with E-state index in [9.17, 15) is 0 Å². The molecule has 0 spiro atoms. The van der Waals surface area contributed by atoms with Crippen molar-refractivity contribution in [3.63, 3.8) is 0 Å². The van der Waals surface area contributed by atoms with Crippen molar-refractivity contribution in [2.24, 2.45) is 0 Å². The van der Waals surface area contributed by atoms with Gasteiger partial charge in [-0.25, -0.2) is 4.98 Å². The van der Waals surface area contributed by atoms with Crippen LogP contribution < -0.4 is 5.73 Å². The van der Waals surface area contributed by atoms with Gasteiger partial charge in [0.05, 0.1) is 11.0 Å². The van der Waals surface area contributed by atoms with Gasteiger partial charge in [0.15, 0.2) is 0 Å². The number of anilines is 1. The quantitative estimate of drug-likeness (QED) is 0.681. The average Bonchev–Trinajstić information content (AvgIpc) is 3.20. The van der Waals surface area contributed by atoms with Crippen LogP contribution in [0.1, 0.15) is 18.9 Å². The van der Waals surface area contributed by atoms with Gasteiger partial charge in [-0.05, 0) is 49.2 Å². The fourth-order valence-electron chi connectivity index (χ4n) is 2.70. The summed E-state index contributed by atoms with van der Waals surface area (Å²) in [5, 5.41) is 1.33. The van der Waals surface area contributed by atoms with Gasteiger partial charge >= 0.3 is 0 Å².